The highest BCUT2D eigenvalue weighted by atomic mass is 35.5. The molecule has 0 unspecified atom stereocenters. The summed E-state index contributed by atoms with van der Waals surface area (Å²) in [7, 11) is 0. The third kappa shape index (κ3) is 2.81. The fraction of sp³-hybridized carbons (Fsp3) is 0.182. The van der Waals surface area contributed by atoms with E-state index in [9.17, 15) is 4.39 Å². The quantitative estimate of drug-likeness (QED) is 0.894. The molecule has 1 aromatic heterocycles. The summed E-state index contributed by atoms with van der Waals surface area (Å²) in [6.07, 6.45) is 3.66. The van der Waals surface area contributed by atoms with Gasteiger partial charge in [-0.2, -0.15) is 5.10 Å². The van der Waals surface area contributed by atoms with Crippen molar-refractivity contribution in [1.29, 1.82) is 0 Å². The molecule has 1 heterocycles. The van der Waals surface area contributed by atoms with E-state index < -0.39 is 0 Å². The van der Waals surface area contributed by atoms with Gasteiger partial charge in [0.1, 0.15) is 5.82 Å². The summed E-state index contributed by atoms with van der Waals surface area (Å²) >= 11 is 0. The van der Waals surface area contributed by atoms with Gasteiger partial charge in [0.05, 0.1) is 12.7 Å². The molecule has 3 nitrogen and oxygen atoms in total. The van der Waals surface area contributed by atoms with Crippen molar-refractivity contribution in [1.82, 2.24) is 9.78 Å². The van der Waals surface area contributed by atoms with E-state index >= 15 is 0 Å². The Kier molecular flexibility index (Phi) is 4.46. The Labute approximate surface area is 99.5 Å². The summed E-state index contributed by atoms with van der Waals surface area (Å²) in [5, 5.41) is 4.15. The fourth-order valence-corrected chi connectivity index (χ4v) is 1.41. The summed E-state index contributed by atoms with van der Waals surface area (Å²) in [4.78, 5) is 0. The number of nitrogens with zero attached hydrogens (tertiary/aromatic N) is 2. The molecule has 1 aromatic carbocycles. The van der Waals surface area contributed by atoms with Gasteiger partial charge in [0.2, 0.25) is 0 Å². The highest BCUT2D eigenvalue weighted by Gasteiger charge is 2.01. The van der Waals surface area contributed by atoms with E-state index in [0.717, 1.165) is 11.1 Å². The molecule has 5 heteroatoms. The zero-order valence-electron chi connectivity index (χ0n) is 8.64. The van der Waals surface area contributed by atoms with Gasteiger partial charge in [-0.25, -0.2) is 4.39 Å². The molecule has 0 bridgehead atoms. The lowest BCUT2D eigenvalue weighted by Gasteiger charge is -1.97. The van der Waals surface area contributed by atoms with Crippen LogP contribution in [0.4, 0.5) is 4.39 Å². The largest absolute Gasteiger partial charge is 0.329 e. The zero-order valence-corrected chi connectivity index (χ0v) is 9.45. The summed E-state index contributed by atoms with van der Waals surface area (Å²) in [5.74, 6) is -0.229. The van der Waals surface area contributed by atoms with E-state index in [-0.39, 0.29) is 18.2 Å². The van der Waals surface area contributed by atoms with Crippen molar-refractivity contribution >= 4 is 12.4 Å². The first-order valence-electron chi connectivity index (χ1n) is 4.78. The molecule has 0 saturated carbocycles. The average Bonchev–Trinajstić information content (AvgIpc) is 2.68. The van der Waals surface area contributed by atoms with Crippen molar-refractivity contribution < 1.29 is 4.39 Å². The molecule has 0 aliphatic rings. The van der Waals surface area contributed by atoms with Gasteiger partial charge >= 0.3 is 0 Å². The van der Waals surface area contributed by atoms with Gasteiger partial charge in [-0.15, -0.1) is 12.4 Å². The molecule has 0 aliphatic carbocycles. The van der Waals surface area contributed by atoms with Crippen molar-refractivity contribution in [2.24, 2.45) is 5.73 Å². The van der Waals surface area contributed by atoms with Crippen molar-refractivity contribution in [3.8, 4) is 11.1 Å². The lowest BCUT2D eigenvalue weighted by Crippen LogP contribution is -2.09. The maximum atomic E-state index is 12.7. The summed E-state index contributed by atoms with van der Waals surface area (Å²) < 4.78 is 14.5. The predicted molar refractivity (Wildman–Crippen MR) is 63.9 cm³/mol. The second-order valence-corrected chi connectivity index (χ2v) is 3.29. The molecule has 0 amide bonds. The molecular weight excluding hydrogens is 229 g/mol. The van der Waals surface area contributed by atoms with Gasteiger partial charge in [-0.1, -0.05) is 12.1 Å². The normalized spacial score (nSPS) is 9.88. The highest BCUT2D eigenvalue weighted by molar-refractivity contribution is 5.85. The molecule has 16 heavy (non-hydrogen) atoms. The van der Waals surface area contributed by atoms with Gasteiger partial charge in [-0.3, -0.25) is 4.68 Å². The minimum Gasteiger partial charge on any atom is -0.329 e. The van der Waals surface area contributed by atoms with Crippen LogP contribution in [-0.4, -0.2) is 16.3 Å². The van der Waals surface area contributed by atoms with Crippen LogP contribution in [0.2, 0.25) is 0 Å². The molecule has 0 radical (unpaired) electrons. The topological polar surface area (TPSA) is 43.8 Å². The number of nitrogens with two attached hydrogens (primary N) is 1. The van der Waals surface area contributed by atoms with Crippen LogP contribution in [-0.2, 0) is 6.54 Å². The van der Waals surface area contributed by atoms with E-state index in [4.69, 9.17) is 5.73 Å². The lowest BCUT2D eigenvalue weighted by atomic mass is 10.1. The number of benzene rings is 1. The van der Waals surface area contributed by atoms with Crippen LogP contribution in [0.1, 0.15) is 0 Å². The zero-order chi connectivity index (χ0) is 10.7. The van der Waals surface area contributed by atoms with Crippen LogP contribution in [0, 0.1) is 5.82 Å². The average molecular weight is 242 g/mol. The molecule has 86 valence electrons. The first kappa shape index (κ1) is 12.7. The van der Waals surface area contributed by atoms with E-state index in [1.165, 1.54) is 12.1 Å². The lowest BCUT2D eigenvalue weighted by molar-refractivity contribution is 0.625. The Bertz CT molecular complexity index is 439. The summed E-state index contributed by atoms with van der Waals surface area (Å²) in [5.41, 5.74) is 7.35. The number of halogens is 2. The predicted octanol–water partition coefficient (Wildman–Crippen LogP) is 2.07. The van der Waals surface area contributed by atoms with Gasteiger partial charge in [-0.05, 0) is 17.7 Å². The Hall–Kier alpha value is -1.39. The standard InChI is InChI=1S/C11H12FN3.ClH/c12-11-3-1-9(2-4-11)10-7-14-15(8-10)6-5-13;/h1-4,7-8H,5-6,13H2;1H. The minimum absolute atomic E-state index is 0. The molecule has 0 atom stereocenters. The number of hydrogen-bond acceptors (Lipinski definition) is 2. The second kappa shape index (κ2) is 5.63. The van der Waals surface area contributed by atoms with E-state index in [0.29, 0.717) is 13.1 Å². The number of hydrogen-bond donors (Lipinski definition) is 1. The van der Waals surface area contributed by atoms with Gasteiger partial charge in [0, 0.05) is 18.3 Å². The Morgan fingerprint density at radius 2 is 1.88 bits per heavy atom. The molecule has 2 N–H and O–H groups in total. The van der Waals surface area contributed by atoms with Gasteiger partial charge in [0.15, 0.2) is 0 Å². The van der Waals surface area contributed by atoms with Crippen molar-refractivity contribution in [3.05, 3.63) is 42.5 Å². The minimum atomic E-state index is -0.229. The highest BCUT2D eigenvalue weighted by Crippen LogP contribution is 2.18. The first-order chi connectivity index (χ1) is 7.29. The van der Waals surface area contributed by atoms with Crippen LogP contribution in [0.3, 0.4) is 0 Å². The molecule has 0 saturated heterocycles. The second-order valence-electron chi connectivity index (χ2n) is 3.29. The maximum absolute atomic E-state index is 12.7. The molecule has 2 aromatic rings. The van der Waals surface area contributed by atoms with Crippen LogP contribution in [0.5, 0.6) is 0 Å². The number of rotatable bonds is 3. The Morgan fingerprint density at radius 3 is 2.50 bits per heavy atom. The van der Waals surface area contributed by atoms with E-state index in [1.807, 2.05) is 6.20 Å². The third-order valence-corrected chi connectivity index (χ3v) is 2.17. The molecule has 0 spiro atoms. The number of aromatic nitrogens is 2. The molecular formula is C11H13ClFN3. The molecule has 2 rings (SSSR count). The smallest absolute Gasteiger partial charge is 0.123 e. The monoisotopic (exact) mass is 241 g/mol. The van der Waals surface area contributed by atoms with Crippen LogP contribution in [0.25, 0.3) is 11.1 Å². The van der Waals surface area contributed by atoms with Gasteiger partial charge < -0.3 is 5.73 Å². The van der Waals surface area contributed by atoms with Crippen LogP contribution < -0.4 is 5.73 Å². The SMILES string of the molecule is Cl.NCCn1cc(-c2ccc(F)cc2)cn1. The van der Waals surface area contributed by atoms with Crippen molar-refractivity contribution in [3.63, 3.8) is 0 Å². The Balaban J connectivity index is 0.00000128. The molecule has 0 aliphatic heterocycles. The van der Waals surface area contributed by atoms with Gasteiger partial charge in [0.25, 0.3) is 0 Å². The molecule has 0 fully saturated rings. The van der Waals surface area contributed by atoms with E-state index in [2.05, 4.69) is 5.10 Å². The summed E-state index contributed by atoms with van der Waals surface area (Å²) in [6, 6.07) is 6.35. The first-order valence-corrected chi connectivity index (χ1v) is 4.78. The fourth-order valence-electron chi connectivity index (χ4n) is 1.41. The van der Waals surface area contributed by atoms with Crippen molar-refractivity contribution in [2.75, 3.05) is 6.54 Å². The van der Waals surface area contributed by atoms with Crippen LogP contribution >= 0.6 is 12.4 Å². The maximum Gasteiger partial charge on any atom is 0.123 e. The van der Waals surface area contributed by atoms with E-state index in [1.54, 1.807) is 23.0 Å². The summed E-state index contributed by atoms with van der Waals surface area (Å²) in [6.45, 7) is 1.26. The Morgan fingerprint density at radius 1 is 1.19 bits per heavy atom. The van der Waals surface area contributed by atoms with Crippen LogP contribution in [0.15, 0.2) is 36.7 Å². The third-order valence-electron chi connectivity index (χ3n) is 2.17. The van der Waals surface area contributed by atoms with Crippen molar-refractivity contribution in [2.45, 2.75) is 6.54 Å².